The van der Waals surface area contributed by atoms with Gasteiger partial charge in [-0.15, -0.1) is 0 Å². The summed E-state index contributed by atoms with van der Waals surface area (Å²) < 4.78 is 61.3. The maximum Gasteiger partial charge on any atom is 0.437 e. The van der Waals surface area contributed by atoms with Crippen LogP contribution in [0.5, 0.6) is 5.75 Å². The second-order valence-electron chi connectivity index (χ2n) is 6.39. The lowest BCUT2D eigenvalue weighted by Crippen LogP contribution is -2.21. The van der Waals surface area contributed by atoms with E-state index in [-0.39, 0.29) is 17.2 Å². The van der Waals surface area contributed by atoms with E-state index < -0.39 is 29.5 Å². The molecule has 0 unspecified atom stereocenters. The Morgan fingerprint density at radius 1 is 1.16 bits per heavy atom. The quantitative estimate of drug-likeness (QED) is 0.434. The van der Waals surface area contributed by atoms with Gasteiger partial charge < -0.3 is 9.30 Å². The lowest BCUT2D eigenvalue weighted by Gasteiger charge is -2.13. The van der Waals surface area contributed by atoms with Crippen molar-refractivity contribution in [3.8, 4) is 11.4 Å². The molecular formula is C19H12ClF4N5O2. The summed E-state index contributed by atoms with van der Waals surface area (Å²) in [6, 6.07) is 9.31. The number of aromatic nitrogens is 4. The number of anilines is 1. The number of nitrogens with one attached hydrogen (secondary N) is 1. The molecule has 0 aliphatic carbocycles. The largest absolute Gasteiger partial charge is 0.437 e. The summed E-state index contributed by atoms with van der Waals surface area (Å²) in [4.78, 5) is 16.3. The van der Waals surface area contributed by atoms with Gasteiger partial charge in [-0.2, -0.15) is 18.3 Å². The van der Waals surface area contributed by atoms with Gasteiger partial charge in [-0.05, 0) is 36.4 Å². The van der Waals surface area contributed by atoms with E-state index in [0.717, 1.165) is 12.3 Å². The molecule has 4 aromatic rings. The summed E-state index contributed by atoms with van der Waals surface area (Å²) >= 11 is 5.77. The van der Waals surface area contributed by atoms with Crippen LogP contribution in [0.4, 0.5) is 28.3 Å². The summed E-state index contributed by atoms with van der Waals surface area (Å²) in [5, 5.41) is 6.28. The van der Waals surface area contributed by atoms with E-state index in [0.29, 0.717) is 15.2 Å². The molecule has 0 aliphatic heterocycles. The van der Waals surface area contributed by atoms with Crippen molar-refractivity contribution in [2.24, 2.45) is 7.05 Å². The van der Waals surface area contributed by atoms with Crippen molar-refractivity contribution in [3.63, 3.8) is 0 Å². The Kier molecular flexibility index (Phi) is 5.05. The van der Waals surface area contributed by atoms with Crippen molar-refractivity contribution in [3.05, 3.63) is 65.2 Å². The summed E-state index contributed by atoms with van der Waals surface area (Å²) in [5.74, 6) is -1.36. The Morgan fingerprint density at radius 2 is 1.87 bits per heavy atom. The Labute approximate surface area is 176 Å². The number of imidazole rings is 1. The van der Waals surface area contributed by atoms with Crippen LogP contribution in [0.25, 0.3) is 16.7 Å². The average Bonchev–Trinajstić information content (AvgIpc) is 3.23. The summed E-state index contributed by atoms with van der Waals surface area (Å²) in [6.45, 7) is 0. The zero-order valence-electron chi connectivity index (χ0n) is 15.6. The number of fused-ring (bicyclic) bond motifs is 1. The molecule has 0 spiro atoms. The number of halogens is 5. The Morgan fingerprint density at radius 3 is 2.55 bits per heavy atom. The molecule has 7 nitrogen and oxygen atoms in total. The van der Waals surface area contributed by atoms with Crippen LogP contribution in [0.1, 0.15) is 5.69 Å². The van der Waals surface area contributed by atoms with Crippen LogP contribution in [0, 0.1) is 5.82 Å². The van der Waals surface area contributed by atoms with E-state index >= 15 is 0 Å². The van der Waals surface area contributed by atoms with Gasteiger partial charge in [0.2, 0.25) is 5.95 Å². The van der Waals surface area contributed by atoms with Gasteiger partial charge in [-0.1, -0.05) is 11.6 Å². The van der Waals surface area contributed by atoms with Crippen molar-refractivity contribution in [1.29, 1.82) is 0 Å². The molecule has 31 heavy (non-hydrogen) atoms. The zero-order chi connectivity index (χ0) is 22.3. The van der Waals surface area contributed by atoms with Gasteiger partial charge in [0.25, 0.3) is 0 Å². The van der Waals surface area contributed by atoms with E-state index in [1.54, 1.807) is 7.05 Å². The normalized spacial score (nSPS) is 11.7. The molecular weight excluding hydrogens is 442 g/mol. The standard InChI is InChI=1S/C19H12ClF4N5O2/c1-28-14-7-4-11(21)8-13(14)26-17(28)27-18(30)31-15-9-25-29(16(15)19(22,23)24)12-5-2-10(20)3-6-12/h2-9H,1H3,(H,26,27,30). The first kappa shape index (κ1) is 20.7. The van der Waals surface area contributed by atoms with E-state index in [1.165, 1.54) is 41.0 Å². The average molecular weight is 454 g/mol. The Balaban J connectivity index is 1.63. The predicted octanol–water partition coefficient (Wildman–Crippen LogP) is 5.18. The van der Waals surface area contributed by atoms with Gasteiger partial charge in [-0.3, -0.25) is 5.32 Å². The molecule has 0 bridgehead atoms. The maximum absolute atomic E-state index is 13.7. The van der Waals surface area contributed by atoms with Gasteiger partial charge in [0.05, 0.1) is 22.9 Å². The van der Waals surface area contributed by atoms with E-state index in [9.17, 15) is 22.4 Å². The Bertz CT molecular complexity index is 1280. The van der Waals surface area contributed by atoms with Crippen LogP contribution >= 0.6 is 11.6 Å². The molecule has 12 heteroatoms. The molecule has 0 saturated carbocycles. The molecule has 0 saturated heterocycles. The molecule has 2 aromatic carbocycles. The highest BCUT2D eigenvalue weighted by Crippen LogP contribution is 2.38. The van der Waals surface area contributed by atoms with Crippen molar-refractivity contribution < 1.29 is 27.1 Å². The summed E-state index contributed by atoms with van der Waals surface area (Å²) in [7, 11) is 1.54. The minimum Gasteiger partial charge on any atom is -0.406 e. The smallest absolute Gasteiger partial charge is 0.406 e. The number of rotatable bonds is 3. The molecule has 4 rings (SSSR count). The first-order valence-electron chi connectivity index (χ1n) is 8.65. The number of alkyl halides is 3. The highest BCUT2D eigenvalue weighted by molar-refractivity contribution is 6.30. The fourth-order valence-electron chi connectivity index (χ4n) is 2.95. The number of hydrogen-bond acceptors (Lipinski definition) is 4. The van der Waals surface area contributed by atoms with Crippen LogP contribution in [-0.4, -0.2) is 25.4 Å². The third-order valence-electron chi connectivity index (χ3n) is 4.33. The van der Waals surface area contributed by atoms with Gasteiger partial charge in [-0.25, -0.2) is 18.9 Å². The predicted molar refractivity (Wildman–Crippen MR) is 104 cm³/mol. The van der Waals surface area contributed by atoms with Crippen molar-refractivity contribution in [2.45, 2.75) is 6.18 Å². The molecule has 0 aliphatic rings. The van der Waals surface area contributed by atoms with Gasteiger partial charge >= 0.3 is 12.3 Å². The number of carbonyl (C=O) groups excluding carboxylic acids is 1. The monoisotopic (exact) mass is 453 g/mol. The van der Waals surface area contributed by atoms with Crippen molar-refractivity contribution in [1.82, 2.24) is 19.3 Å². The number of ether oxygens (including phenoxy) is 1. The van der Waals surface area contributed by atoms with Gasteiger partial charge in [0.15, 0.2) is 11.4 Å². The fraction of sp³-hybridized carbons (Fsp3) is 0.105. The van der Waals surface area contributed by atoms with Crippen molar-refractivity contribution in [2.75, 3.05) is 5.32 Å². The van der Waals surface area contributed by atoms with Gasteiger partial charge in [0, 0.05) is 18.1 Å². The lowest BCUT2D eigenvalue weighted by atomic mass is 10.3. The van der Waals surface area contributed by atoms with Gasteiger partial charge in [0.1, 0.15) is 5.82 Å². The highest BCUT2D eigenvalue weighted by Gasteiger charge is 2.40. The van der Waals surface area contributed by atoms with Crippen LogP contribution < -0.4 is 10.1 Å². The SMILES string of the molecule is Cn1c(NC(=O)Oc2cnn(-c3ccc(Cl)cc3)c2C(F)(F)F)nc2cc(F)ccc21. The van der Waals surface area contributed by atoms with Crippen LogP contribution in [0.2, 0.25) is 5.02 Å². The number of hydrogen-bond donors (Lipinski definition) is 1. The molecule has 2 heterocycles. The molecule has 0 atom stereocenters. The van der Waals surface area contributed by atoms with E-state index in [1.807, 2.05) is 0 Å². The molecule has 0 fully saturated rings. The molecule has 1 amide bonds. The third kappa shape index (κ3) is 4.04. The second kappa shape index (κ2) is 7.58. The number of amides is 1. The highest BCUT2D eigenvalue weighted by atomic mass is 35.5. The molecule has 160 valence electrons. The number of nitrogens with zero attached hydrogens (tertiary/aromatic N) is 4. The fourth-order valence-corrected chi connectivity index (χ4v) is 3.07. The molecule has 2 aromatic heterocycles. The topological polar surface area (TPSA) is 74.0 Å². The number of benzene rings is 2. The van der Waals surface area contributed by atoms with E-state index in [2.05, 4.69) is 15.4 Å². The lowest BCUT2D eigenvalue weighted by molar-refractivity contribution is -0.143. The van der Waals surface area contributed by atoms with Crippen LogP contribution in [0.3, 0.4) is 0 Å². The number of aryl methyl sites for hydroxylation is 1. The zero-order valence-corrected chi connectivity index (χ0v) is 16.4. The second-order valence-corrected chi connectivity index (χ2v) is 6.82. The molecule has 1 N–H and O–H groups in total. The van der Waals surface area contributed by atoms with E-state index in [4.69, 9.17) is 16.3 Å². The third-order valence-corrected chi connectivity index (χ3v) is 4.59. The van der Waals surface area contributed by atoms with Crippen LogP contribution in [0.15, 0.2) is 48.7 Å². The Hall–Kier alpha value is -3.60. The minimum absolute atomic E-state index is 0.0377. The maximum atomic E-state index is 13.7. The first-order valence-corrected chi connectivity index (χ1v) is 9.03. The number of carbonyl (C=O) groups is 1. The molecule has 0 radical (unpaired) electrons. The summed E-state index contributed by atoms with van der Waals surface area (Å²) in [6.07, 6.45) is -5.32. The van der Waals surface area contributed by atoms with Crippen LogP contribution in [-0.2, 0) is 13.2 Å². The minimum atomic E-state index is -4.87. The first-order chi connectivity index (χ1) is 14.6. The summed E-state index contributed by atoms with van der Waals surface area (Å²) in [5.41, 5.74) is -0.450. The van der Waals surface area contributed by atoms with Crippen molar-refractivity contribution >= 4 is 34.7 Å².